The van der Waals surface area contributed by atoms with E-state index >= 15 is 0 Å². The summed E-state index contributed by atoms with van der Waals surface area (Å²) < 4.78 is 36.5. The number of anilines is 6. The Bertz CT molecular complexity index is 4990. The molecule has 5 amide bonds. The predicted molar refractivity (Wildman–Crippen MR) is 406 cm³/mol. The number of hydrogen-bond acceptors (Lipinski definition) is 22. The van der Waals surface area contributed by atoms with Crippen molar-refractivity contribution in [2.24, 2.45) is 0 Å². The minimum absolute atomic E-state index is 0.0631. The Morgan fingerprint density at radius 1 is 0.510 bits per heavy atom. The second-order valence-electron chi connectivity index (χ2n) is 24.3. The number of aromatic amines is 1. The number of H-pyrrole nitrogens is 1. The fraction of sp³-hybridized carbons (Fsp3) is 0.267. The van der Waals surface area contributed by atoms with Crippen LogP contribution in [0, 0.1) is 33.5 Å². The van der Waals surface area contributed by atoms with Gasteiger partial charge in [0, 0.05) is 110 Å². The molecule has 0 radical (unpaired) electrons. The molecule has 29 heteroatoms. The van der Waals surface area contributed by atoms with Crippen molar-refractivity contribution >= 4 is 139 Å². The van der Waals surface area contributed by atoms with E-state index < -0.39 is 5.82 Å². The number of nitrogens with zero attached hydrogens (tertiary/aromatic N) is 8. The first kappa shape index (κ1) is 73.0. The number of halogens is 1. The number of aryl methyl sites for hydroxylation is 4. The second kappa shape index (κ2) is 34.9. The van der Waals surface area contributed by atoms with Gasteiger partial charge in [0.2, 0.25) is 5.88 Å². The molecule has 0 atom stereocenters. The number of carbonyl (C=O) groups excluding carboxylic acids is 5. The van der Waals surface area contributed by atoms with Crippen LogP contribution in [0.1, 0.15) is 78.5 Å². The number of hydrogen-bond donors (Lipinski definition) is 8. The van der Waals surface area contributed by atoms with Crippen molar-refractivity contribution in [2.45, 2.75) is 34.1 Å². The van der Waals surface area contributed by atoms with Gasteiger partial charge in [0.15, 0.2) is 11.6 Å². The third-order valence-corrected chi connectivity index (χ3v) is 20.7. The summed E-state index contributed by atoms with van der Waals surface area (Å²) in [7, 11) is 1.57. The molecular formula is C75H77FN16O9S3. The fourth-order valence-electron chi connectivity index (χ4n) is 11.7. The average Bonchev–Trinajstić information content (AvgIpc) is 1.64. The molecule has 0 unspecified atom stereocenters. The van der Waals surface area contributed by atoms with Gasteiger partial charge in [-0.2, -0.15) is 0 Å². The summed E-state index contributed by atoms with van der Waals surface area (Å²) in [4.78, 5) is 101. The van der Waals surface area contributed by atoms with Crippen molar-refractivity contribution in [3.05, 3.63) is 200 Å². The molecule has 0 saturated carbocycles. The molecule has 8 N–H and O–H groups in total. The molecule has 25 nitrogen and oxygen atoms in total. The number of methoxy groups -OCH3 is 1. The molecule has 2 aliphatic rings. The lowest BCUT2D eigenvalue weighted by atomic mass is 10.2. The summed E-state index contributed by atoms with van der Waals surface area (Å²) in [6.45, 7) is 18.0. The quantitative estimate of drug-likeness (QED) is 0.0276. The van der Waals surface area contributed by atoms with Crippen molar-refractivity contribution in [3.8, 4) is 11.6 Å². The molecule has 14 rings (SSSR count). The highest BCUT2D eigenvalue weighted by Gasteiger charge is 2.25. The largest absolute Gasteiger partial charge is 0.435 e. The van der Waals surface area contributed by atoms with E-state index in [1.54, 1.807) is 56.5 Å². The SMILES string of the molecule is COCCNC(=O)c1sc2ncnc(Oc3ccc4[nH]c(C)cc4c3F)c2c1C.Cc1c(C(=O)NCCCN2CCOCC2)sc2ncnc(Nc3ccc(NC(=O)c4ccccc4)cc3)c12.Cc1c(C(=O)NCCN2CCOCC2)sc2ncnc(Nc3ccc(NC(=O)c4ccccc4)cc3)c12. The molecule has 5 aromatic carbocycles. The second-order valence-corrected chi connectivity index (χ2v) is 27.3. The van der Waals surface area contributed by atoms with E-state index in [2.05, 4.69) is 81.9 Å². The number of aromatic nitrogens is 7. The zero-order valence-corrected chi connectivity index (χ0v) is 60.3. The van der Waals surface area contributed by atoms with Crippen LogP contribution in [-0.2, 0) is 14.2 Å². The lowest BCUT2D eigenvalue weighted by Gasteiger charge is -2.26. The number of thiophene rings is 3. The van der Waals surface area contributed by atoms with Gasteiger partial charge in [0.25, 0.3) is 29.5 Å². The van der Waals surface area contributed by atoms with Crippen molar-refractivity contribution < 1.29 is 47.3 Å². The average molecular weight is 1460 g/mol. The van der Waals surface area contributed by atoms with E-state index in [4.69, 9.17) is 18.9 Å². The van der Waals surface area contributed by atoms with Gasteiger partial charge in [-0.3, -0.25) is 33.8 Å². The van der Waals surface area contributed by atoms with Crippen LogP contribution in [0.5, 0.6) is 11.6 Å². The molecule has 12 aromatic rings. The summed E-state index contributed by atoms with van der Waals surface area (Å²) in [6.07, 6.45) is 5.23. The maximum Gasteiger partial charge on any atom is 0.261 e. The molecule has 2 fully saturated rings. The summed E-state index contributed by atoms with van der Waals surface area (Å²) in [6, 6.07) is 38.0. The number of ether oxygens (including phenoxy) is 4. The fourth-order valence-corrected chi connectivity index (χ4v) is 14.9. The Labute approximate surface area is 610 Å². The summed E-state index contributed by atoms with van der Waals surface area (Å²) >= 11 is 3.98. The Balaban J connectivity index is 0.000000148. The lowest BCUT2D eigenvalue weighted by molar-refractivity contribution is 0.0374. The summed E-state index contributed by atoms with van der Waals surface area (Å²) in [5.74, 6) is 0.345. The standard InChI is InChI=1S/C28H30N6O3S.C27H28N6O3S.C20H19FN4O3S/c1-19-23-25(32-21-8-10-22(11-9-21)33-26(35)20-6-3-2-4-7-20)30-18-31-28(23)38-24(19)27(36)29-12-5-13-34-14-16-37-17-15-34;1-18-22-24(31-20-7-9-21(10-8-20)32-25(34)19-5-3-2-4-6-19)29-17-30-27(22)37-23(18)26(35)28-11-12-33-13-15-36-16-14-33;1-10-8-12-13(25-10)4-5-14(16(12)21)28-19-15-11(2)17(18(26)22-6-7-27-3)29-20(15)24-9-23-19/h2-4,6-11,18H,5,12-17H2,1H3,(H,29,36)(H,33,35)(H,30,31,32);2-10,17H,11-16H2,1H3,(H,28,35)(H,32,34)(H,29,30,31);4-5,8-9,25H,6-7H2,1-3H3,(H,22,26). The van der Waals surface area contributed by atoms with Crippen LogP contribution in [0.3, 0.4) is 0 Å². The monoisotopic (exact) mass is 1460 g/mol. The van der Waals surface area contributed by atoms with Crippen molar-refractivity contribution in [3.63, 3.8) is 0 Å². The highest BCUT2D eigenvalue weighted by Crippen LogP contribution is 2.40. The Hall–Kier alpha value is -10.8. The predicted octanol–water partition coefficient (Wildman–Crippen LogP) is 12.6. The number of carbonyl (C=O) groups is 5. The van der Waals surface area contributed by atoms with Crippen LogP contribution in [0.15, 0.2) is 146 Å². The van der Waals surface area contributed by atoms with E-state index in [-0.39, 0.29) is 41.2 Å². The Morgan fingerprint density at radius 2 is 0.952 bits per heavy atom. The zero-order chi connectivity index (χ0) is 72.5. The minimum Gasteiger partial charge on any atom is -0.435 e. The van der Waals surface area contributed by atoms with Crippen LogP contribution in [-0.4, -0.2) is 173 Å². The van der Waals surface area contributed by atoms with Crippen LogP contribution in [0.4, 0.5) is 38.8 Å². The maximum atomic E-state index is 14.9. The van der Waals surface area contributed by atoms with E-state index in [0.29, 0.717) is 102 Å². The summed E-state index contributed by atoms with van der Waals surface area (Å²) in [5, 5.41) is 24.1. The number of morpholine rings is 2. The number of amides is 5. The topological polar surface area (TPSA) is 306 Å². The first-order valence-corrected chi connectivity index (χ1v) is 36.2. The van der Waals surface area contributed by atoms with Crippen molar-refractivity contribution in [2.75, 3.05) is 120 Å². The van der Waals surface area contributed by atoms with E-state index in [0.717, 1.165) is 121 Å². The van der Waals surface area contributed by atoms with Crippen molar-refractivity contribution in [1.82, 2.24) is 60.6 Å². The van der Waals surface area contributed by atoms with Gasteiger partial charge >= 0.3 is 0 Å². The Kier molecular flexibility index (Phi) is 24.5. The van der Waals surface area contributed by atoms with Gasteiger partial charge in [0.1, 0.15) is 45.1 Å². The van der Waals surface area contributed by atoms with Gasteiger partial charge in [-0.05, 0) is 148 Å². The molecule has 104 heavy (non-hydrogen) atoms. The maximum absolute atomic E-state index is 14.9. The Morgan fingerprint density at radius 3 is 1.45 bits per heavy atom. The molecule has 536 valence electrons. The molecule has 0 bridgehead atoms. The normalized spacial score (nSPS) is 13.1. The van der Waals surface area contributed by atoms with Crippen LogP contribution < -0.4 is 42.0 Å². The van der Waals surface area contributed by atoms with Crippen molar-refractivity contribution in [1.29, 1.82) is 0 Å². The van der Waals surface area contributed by atoms with Gasteiger partial charge in [-0.15, -0.1) is 34.0 Å². The molecule has 9 heterocycles. The number of fused-ring (bicyclic) bond motifs is 4. The van der Waals surface area contributed by atoms with Crippen LogP contribution in [0.2, 0.25) is 0 Å². The number of rotatable bonds is 23. The molecular weight excluding hydrogens is 1380 g/mol. The molecule has 2 saturated heterocycles. The molecule has 7 aromatic heterocycles. The molecule has 0 aliphatic carbocycles. The van der Waals surface area contributed by atoms with Crippen LogP contribution >= 0.6 is 34.0 Å². The van der Waals surface area contributed by atoms with E-state index in [9.17, 15) is 28.4 Å². The highest BCUT2D eigenvalue weighted by molar-refractivity contribution is 7.21. The van der Waals surface area contributed by atoms with Gasteiger partial charge in [-0.1, -0.05) is 36.4 Å². The minimum atomic E-state index is -0.468. The first-order valence-electron chi connectivity index (χ1n) is 33.7. The smallest absolute Gasteiger partial charge is 0.261 e. The zero-order valence-electron chi connectivity index (χ0n) is 57.8. The van der Waals surface area contributed by atoms with E-state index in [1.807, 2.05) is 106 Å². The number of nitrogens with one attached hydrogen (secondary N) is 8. The lowest BCUT2D eigenvalue weighted by Crippen LogP contribution is -2.41. The summed E-state index contributed by atoms with van der Waals surface area (Å²) in [5.41, 5.74) is 8.14. The first-order chi connectivity index (χ1) is 50.7. The van der Waals surface area contributed by atoms with Gasteiger partial charge < -0.3 is 61.1 Å². The molecule has 0 spiro atoms. The third-order valence-electron chi connectivity index (χ3n) is 17.1. The van der Waals surface area contributed by atoms with Gasteiger partial charge in [-0.25, -0.2) is 34.3 Å². The third kappa shape index (κ3) is 18.2. The molecule has 2 aliphatic heterocycles. The number of benzene rings is 5. The van der Waals surface area contributed by atoms with E-state index in [1.165, 1.54) is 53.0 Å². The van der Waals surface area contributed by atoms with Crippen LogP contribution in [0.25, 0.3) is 41.6 Å². The van der Waals surface area contributed by atoms with Gasteiger partial charge in [0.05, 0.1) is 63.8 Å². The highest BCUT2D eigenvalue weighted by atomic mass is 32.1.